The van der Waals surface area contributed by atoms with Crippen LogP contribution in [0.5, 0.6) is 0 Å². The summed E-state index contributed by atoms with van der Waals surface area (Å²) in [5, 5.41) is 5.65. The molecule has 2 aromatic rings. The molecule has 0 saturated heterocycles. The zero-order valence-electron chi connectivity index (χ0n) is 15.1. The van der Waals surface area contributed by atoms with Gasteiger partial charge in [0, 0.05) is 22.9 Å². The third-order valence-corrected chi connectivity index (χ3v) is 3.75. The van der Waals surface area contributed by atoms with Crippen LogP contribution in [0.2, 0.25) is 0 Å². The number of hydrogen-bond acceptors (Lipinski definition) is 3. The zero-order valence-corrected chi connectivity index (χ0v) is 15.1. The second kappa shape index (κ2) is 9.28. The van der Waals surface area contributed by atoms with Crippen LogP contribution >= 0.6 is 0 Å². The summed E-state index contributed by atoms with van der Waals surface area (Å²) in [5.41, 5.74) is 2.59. The fourth-order valence-corrected chi connectivity index (χ4v) is 2.15. The number of methoxy groups -OCH3 is 1. The van der Waals surface area contributed by atoms with Crippen LogP contribution in [-0.4, -0.2) is 25.2 Å². The molecule has 5 nitrogen and oxygen atoms in total. The zero-order chi connectivity index (χ0) is 18.9. The van der Waals surface area contributed by atoms with Gasteiger partial charge in [-0.25, -0.2) is 9.59 Å². The molecular weight excluding hydrogens is 328 g/mol. The molecule has 2 aromatic carbocycles. The Morgan fingerprint density at radius 2 is 1.73 bits per heavy atom. The molecule has 2 N–H and O–H groups in total. The summed E-state index contributed by atoms with van der Waals surface area (Å²) in [6.07, 6.45) is 0.865. The molecule has 1 atom stereocenters. The minimum atomic E-state index is -0.396. The van der Waals surface area contributed by atoms with E-state index in [-0.39, 0.29) is 12.1 Å². The highest BCUT2D eigenvalue weighted by molar-refractivity contribution is 5.90. The van der Waals surface area contributed by atoms with Crippen molar-refractivity contribution in [3.63, 3.8) is 0 Å². The number of urea groups is 1. The van der Waals surface area contributed by atoms with Gasteiger partial charge in [0.2, 0.25) is 0 Å². The maximum atomic E-state index is 11.9. The summed E-state index contributed by atoms with van der Waals surface area (Å²) in [7, 11) is 1.34. The van der Waals surface area contributed by atoms with Crippen molar-refractivity contribution in [1.82, 2.24) is 5.32 Å². The van der Waals surface area contributed by atoms with E-state index in [2.05, 4.69) is 22.5 Å². The van der Waals surface area contributed by atoms with Crippen molar-refractivity contribution in [3.8, 4) is 11.8 Å². The Morgan fingerprint density at radius 3 is 2.38 bits per heavy atom. The van der Waals surface area contributed by atoms with E-state index in [1.165, 1.54) is 7.11 Å². The van der Waals surface area contributed by atoms with Crippen molar-refractivity contribution in [2.75, 3.05) is 12.4 Å². The number of carbonyl (C=O) groups is 2. The SMILES string of the molecule is CCC(C)NC(=O)Nc1cccc(C#Cc2cccc(C(=O)OC)c2)c1. The van der Waals surface area contributed by atoms with Crippen molar-refractivity contribution < 1.29 is 14.3 Å². The summed E-state index contributed by atoms with van der Waals surface area (Å²) >= 11 is 0. The highest BCUT2D eigenvalue weighted by atomic mass is 16.5. The van der Waals surface area contributed by atoms with Gasteiger partial charge >= 0.3 is 12.0 Å². The van der Waals surface area contributed by atoms with E-state index in [1.807, 2.05) is 32.0 Å². The first-order valence-electron chi connectivity index (χ1n) is 8.39. The Labute approximate surface area is 153 Å². The van der Waals surface area contributed by atoms with Crippen LogP contribution in [0.3, 0.4) is 0 Å². The first kappa shape index (κ1) is 19.1. The van der Waals surface area contributed by atoms with Crippen molar-refractivity contribution in [2.24, 2.45) is 0 Å². The number of ether oxygens (including phenoxy) is 1. The van der Waals surface area contributed by atoms with Crippen molar-refractivity contribution in [1.29, 1.82) is 0 Å². The lowest BCUT2D eigenvalue weighted by Gasteiger charge is -2.12. The number of nitrogens with one attached hydrogen (secondary N) is 2. The lowest BCUT2D eigenvalue weighted by Crippen LogP contribution is -2.35. The molecular formula is C21H22N2O3. The predicted molar refractivity (Wildman–Crippen MR) is 102 cm³/mol. The van der Waals surface area contributed by atoms with Gasteiger partial charge in [-0.3, -0.25) is 0 Å². The van der Waals surface area contributed by atoms with Gasteiger partial charge < -0.3 is 15.4 Å². The van der Waals surface area contributed by atoms with Crippen molar-refractivity contribution in [2.45, 2.75) is 26.3 Å². The van der Waals surface area contributed by atoms with Gasteiger partial charge in [0.05, 0.1) is 12.7 Å². The number of anilines is 1. The average Bonchev–Trinajstić information content (AvgIpc) is 2.66. The van der Waals surface area contributed by atoms with E-state index in [9.17, 15) is 9.59 Å². The molecule has 0 saturated carbocycles. The van der Waals surface area contributed by atoms with Crippen LogP contribution in [0.25, 0.3) is 0 Å². The monoisotopic (exact) mass is 350 g/mol. The topological polar surface area (TPSA) is 67.4 Å². The van der Waals surface area contributed by atoms with Gasteiger partial charge in [-0.15, -0.1) is 0 Å². The molecule has 0 heterocycles. The van der Waals surface area contributed by atoms with E-state index < -0.39 is 5.97 Å². The fraction of sp³-hybridized carbons (Fsp3) is 0.238. The molecule has 0 fully saturated rings. The Kier molecular flexibility index (Phi) is 6.81. The van der Waals surface area contributed by atoms with Crippen LogP contribution in [0.4, 0.5) is 10.5 Å². The van der Waals surface area contributed by atoms with E-state index in [0.717, 1.165) is 12.0 Å². The van der Waals surface area contributed by atoms with Gasteiger partial charge in [-0.1, -0.05) is 30.9 Å². The maximum Gasteiger partial charge on any atom is 0.337 e. The summed E-state index contributed by atoms with van der Waals surface area (Å²) < 4.78 is 4.71. The molecule has 1 unspecified atom stereocenters. The third-order valence-electron chi connectivity index (χ3n) is 3.75. The normalized spacial score (nSPS) is 10.9. The number of rotatable bonds is 4. The van der Waals surface area contributed by atoms with Crippen molar-refractivity contribution in [3.05, 3.63) is 65.2 Å². The lowest BCUT2D eigenvalue weighted by molar-refractivity contribution is 0.0600. The third kappa shape index (κ3) is 5.67. The van der Waals surface area contributed by atoms with Crippen LogP contribution in [-0.2, 0) is 4.74 Å². The van der Waals surface area contributed by atoms with Gasteiger partial charge in [0.15, 0.2) is 0 Å². The largest absolute Gasteiger partial charge is 0.465 e. The van der Waals surface area contributed by atoms with E-state index >= 15 is 0 Å². The number of benzene rings is 2. The minimum Gasteiger partial charge on any atom is -0.465 e. The van der Waals surface area contributed by atoms with Crippen LogP contribution in [0.15, 0.2) is 48.5 Å². The quantitative estimate of drug-likeness (QED) is 0.651. The fourth-order valence-electron chi connectivity index (χ4n) is 2.15. The Balaban J connectivity index is 2.11. The number of esters is 1. The molecule has 0 aliphatic heterocycles. The molecule has 0 aliphatic carbocycles. The van der Waals surface area contributed by atoms with Crippen LogP contribution in [0.1, 0.15) is 41.8 Å². The average molecular weight is 350 g/mol. The van der Waals surface area contributed by atoms with Gasteiger partial charge in [-0.2, -0.15) is 0 Å². The standard InChI is InChI=1S/C21H22N2O3/c1-4-15(2)22-21(25)23-19-10-6-8-17(14-19)12-11-16-7-5-9-18(13-16)20(24)26-3/h5-10,13-15H,4H2,1-3H3,(H2,22,23,25). The Hall–Kier alpha value is -3.26. The molecule has 0 aromatic heterocycles. The van der Waals surface area contributed by atoms with Gasteiger partial charge in [0.1, 0.15) is 0 Å². The molecule has 0 bridgehead atoms. The predicted octanol–water partition coefficient (Wildman–Crippen LogP) is 3.79. The molecule has 0 aliphatic rings. The second-order valence-corrected chi connectivity index (χ2v) is 5.81. The van der Waals surface area contributed by atoms with Gasteiger partial charge in [-0.05, 0) is 49.7 Å². The first-order valence-corrected chi connectivity index (χ1v) is 8.39. The maximum absolute atomic E-state index is 11.9. The van der Waals surface area contributed by atoms with E-state index in [4.69, 9.17) is 4.74 Å². The second-order valence-electron chi connectivity index (χ2n) is 5.81. The van der Waals surface area contributed by atoms with Gasteiger partial charge in [0.25, 0.3) is 0 Å². The Bertz CT molecular complexity index is 850. The number of hydrogen-bond donors (Lipinski definition) is 2. The van der Waals surface area contributed by atoms with Crippen molar-refractivity contribution >= 4 is 17.7 Å². The highest BCUT2D eigenvalue weighted by Gasteiger charge is 2.06. The van der Waals surface area contributed by atoms with E-state index in [0.29, 0.717) is 16.8 Å². The molecule has 5 heteroatoms. The van der Waals surface area contributed by atoms with Crippen LogP contribution < -0.4 is 10.6 Å². The lowest BCUT2D eigenvalue weighted by atomic mass is 10.1. The van der Waals surface area contributed by atoms with E-state index in [1.54, 1.807) is 30.3 Å². The molecule has 134 valence electrons. The summed E-state index contributed by atoms with van der Waals surface area (Å²) in [5.74, 6) is 5.66. The molecule has 0 radical (unpaired) electrons. The number of carbonyl (C=O) groups excluding carboxylic acids is 2. The first-order chi connectivity index (χ1) is 12.5. The number of amides is 2. The van der Waals surface area contributed by atoms with Crippen LogP contribution in [0, 0.1) is 11.8 Å². The molecule has 2 rings (SSSR count). The summed E-state index contributed by atoms with van der Waals surface area (Å²) in [6.45, 7) is 3.96. The molecule has 26 heavy (non-hydrogen) atoms. The Morgan fingerprint density at radius 1 is 1.08 bits per heavy atom. The molecule has 2 amide bonds. The molecule has 0 spiro atoms. The highest BCUT2D eigenvalue weighted by Crippen LogP contribution is 2.11. The minimum absolute atomic E-state index is 0.111. The summed E-state index contributed by atoms with van der Waals surface area (Å²) in [6, 6.07) is 14.1. The smallest absolute Gasteiger partial charge is 0.337 e. The summed E-state index contributed by atoms with van der Waals surface area (Å²) in [4.78, 5) is 23.5.